The largest absolute Gasteiger partial charge is 0.394 e. The zero-order chi connectivity index (χ0) is 9.31. The summed E-state index contributed by atoms with van der Waals surface area (Å²) in [6, 6.07) is 0. The minimum atomic E-state index is -0.516. The second kappa shape index (κ2) is 3.98. The number of hydrogen-bond donors (Lipinski definition) is 1. The first kappa shape index (κ1) is 10.1. The fraction of sp³-hybridized carbons (Fsp3) is 1.00. The van der Waals surface area contributed by atoms with Gasteiger partial charge in [0.1, 0.15) is 6.61 Å². The summed E-state index contributed by atoms with van der Waals surface area (Å²) in [4.78, 5) is 0. The molecule has 2 atom stereocenters. The Morgan fingerprint density at radius 2 is 2.08 bits per heavy atom. The van der Waals surface area contributed by atoms with Gasteiger partial charge in [0, 0.05) is 10.3 Å². The van der Waals surface area contributed by atoms with Gasteiger partial charge in [0.05, 0.1) is 25.9 Å². The minimum Gasteiger partial charge on any atom is -0.394 e. The Morgan fingerprint density at radius 1 is 1.38 bits per heavy atom. The van der Waals surface area contributed by atoms with Crippen molar-refractivity contribution in [3.8, 4) is 0 Å². The van der Waals surface area contributed by atoms with Gasteiger partial charge in [0.2, 0.25) is 0 Å². The molecular formula is C8H13IO4. The molecule has 2 saturated heterocycles. The fourth-order valence-corrected chi connectivity index (χ4v) is 2.80. The summed E-state index contributed by atoms with van der Waals surface area (Å²) >= 11 is 2.27. The molecule has 0 bridgehead atoms. The smallest absolute Gasteiger partial charge is 0.193 e. The molecule has 0 aliphatic carbocycles. The Labute approximate surface area is 90.7 Å². The van der Waals surface area contributed by atoms with E-state index in [1.807, 2.05) is 0 Å². The number of alkyl halides is 1. The van der Waals surface area contributed by atoms with Crippen molar-refractivity contribution in [1.82, 2.24) is 0 Å². The van der Waals surface area contributed by atoms with Crippen molar-refractivity contribution in [2.24, 2.45) is 0 Å². The van der Waals surface area contributed by atoms with Crippen LogP contribution in [0.1, 0.15) is 6.42 Å². The zero-order valence-electron chi connectivity index (χ0n) is 7.24. The fourth-order valence-electron chi connectivity index (χ4n) is 1.69. The van der Waals surface area contributed by atoms with Crippen molar-refractivity contribution in [2.75, 3.05) is 26.4 Å². The van der Waals surface area contributed by atoms with Gasteiger partial charge < -0.3 is 19.3 Å². The summed E-state index contributed by atoms with van der Waals surface area (Å²) in [5.41, 5.74) is 0. The maximum Gasteiger partial charge on any atom is 0.193 e. The van der Waals surface area contributed by atoms with Crippen LogP contribution in [0.3, 0.4) is 0 Å². The van der Waals surface area contributed by atoms with Crippen LogP contribution in [0.2, 0.25) is 0 Å². The van der Waals surface area contributed by atoms with E-state index < -0.39 is 5.79 Å². The third-order valence-electron chi connectivity index (χ3n) is 2.42. The molecule has 13 heavy (non-hydrogen) atoms. The average molecular weight is 300 g/mol. The molecule has 1 spiro atoms. The first-order valence-corrected chi connectivity index (χ1v) is 5.65. The maximum atomic E-state index is 8.98. The summed E-state index contributed by atoms with van der Waals surface area (Å²) in [6.45, 7) is 1.81. The number of hydrogen-bond acceptors (Lipinski definition) is 4. The lowest BCUT2D eigenvalue weighted by Gasteiger charge is -2.38. The summed E-state index contributed by atoms with van der Waals surface area (Å²) < 4.78 is 16.8. The van der Waals surface area contributed by atoms with E-state index in [-0.39, 0.29) is 16.6 Å². The number of aliphatic hydroxyl groups excluding tert-OH is 1. The first-order valence-electron chi connectivity index (χ1n) is 4.40. The summed E-state index contributed by atoms with van der Waals surface area (Å²) in [6.07, 6.45) is 0.734. The highest BCUT2D eigenvalue weighted by molar-refractivity contribution is 14.1. The highest BCUT2D eigenvalue weighted by Crippen LogP contribution is 2.34. The molecule has 2 aliphatic rings. The topological polar surface area (TPSA) is 47.9 Å². The van der Waals surface area contributed by atoms with Crippen molar-refractivity contribution in [3.05, 3.63) is 0 Å². The summed E-state index contributed by atoms with van der Waals surface area (Å²) in [5.74, 6) is -0.516. The Hall–Kier alpha value is 0.570. The Balaban J connectivity index is 1.97. The van der Waals surface area contributed by atoms with E-state index in [0.29, 0.717) is 19.8 Å². The summed E-state index contributed by atoms with van der Waals surface area (Å²) in [5, 5.41) is 8.98. The molecule has 0 amide bonds. The van der Waals surface area contributed by atoms with Gasteiger partial charge in [0.15, 0.2) is 5.79 Å². The molecular weight excluding hydrogens is 287 g/mol. The second-order valence-corrected chi connectivity index (χ2v) is 4.96. The van der Waals surface area contributed by atoms with Crippen LogP contribution >= 0.6 is 22.6 Å². The highest BCUT2D eigenvalue weighted by atomic mass is 127. The van der Waals surface area contributed by atoms with Gasteiger partial charge in [0.25, 0.3) is 0 Å². The van der Waals surface area contributed by atoms with Gasteiger partial charge in [-0.2, -0.15) is 0 Å². The summed E-state index contributed by atoms with van der Waals surface area (Å²) in [7, 11) is 0. The Kier molecular flexibility index (Phi) is 3.09. The van der Waals surface area contributed by atoms with Crippen molar-refractivity contribution >= 4 is 22.6 Å². The van der Waals surface area contributed by atoms with E-state index in [1.165, 1.54) is 0 Å². The quantitative estimate of drug-likeness (QED) is 0.559. The van der Waals surface area contributed by atoms with Crippen molar-refractivity contribution in [3.63, 3.8) is 0 Å². The van der Waals surface area contributed by atoms with Gasteiger partial charge in [-0.15, -0.1) is 0 Å². The van der Waals surface area contributed by atoms with Gasteiger partial charge in [-0.25, -0.2) is 0 Å². The molecule has 4 nitrogen and oxygen atoms in total. The van der Waals surface area contributed by atoms with Crippen LogP contribution in [0.15, 0.2) is 0 Å². The molecule has 5 heteroatoms. The molecule has 0 unspecified atom stereocenters. The van der Waals surface area contributed by atoms with Crippen LogP contribution in [0.5, 0.6) is 0 Å². The van der Waals surface area contributed by atoms with E-state index in [0.717, 1.165) is 6.42 Å². The van der Waals surface area contributed by atoms with Crippen LogP contribution in [0.25, 0.3) is 0 Å². The van der Waals surface area contributed by atoms with Crippen LogP contribution in [0, 0.1) is 0 Å². The molecule has 0 radical (unpaired) electrons. The number of halogens is 1. The molecule has 1 N–H and O–H groups in total. The van der Waals surface area contributed by atoms with E-state index in [4.69, 9.17) is 19.3 Å². The molecule has 2 aliphatic heterocycles. The highest BCUT2D eigenvalue weighted by Gasteiger charge is 2.45. The van der Waals surface area contributed by atoms with E-state index in [2.05, 4.69) is 22.6 Å². The molecule has 2 rings (SSSR count). The molecule has 0 aromatic carbocycles. The first-order chi connectivity index (χ1) is 6.26. The normalized spacial score (nSPS) is 38.3. The van der Waals surface area contributed by atoms with Crippen LogP contribution < -0.4 is 0 Å². The maximum absolute atomic E-state index is 8.98. The number of rotatable bonds is 1. The monoisotopic (exact) mass is 300 g/mol. The molecule has 0 aromatic rings. The lowest BCUT2D eigenvalue weighted by Crippen LogP contribution is -2.49. The molecule has 2 heterocycles. The third kappa shape index (κ3) is 1.99. The van der Waals surface area contributed by atoms with Crippen molar-refractivity contribution in [1.29, 1.82) is 0 Å². The van der Waals surface area contributed by atoms with Crippen molar-refractivity contribution < 1.29 is 19.3 Å². The third-order valence-corrected chi connectivity index (χ3v) is 3.66. The van der Waals surface area contributed by atoms with E-state index in [1.54, 1.807) is 0 Å². The standard InChI is InChI=1S/C8H13IO4/c9-6-3-8(12-1-2-13-8)5-11-7(6)4-10/h6-7,10H,1-5H2/t6-,7-/m1/s1. The average Bonchev–Trinajstić information content (AvgIpc) is 2.54. The zero-order valence-corrected chi connectivity index (χ0v) is 9.40. The molecule has 2 fully saturated rings. The molecule has 0 aromatic heterocycles. The second-order valence-electron chi connectivity index (χ2n) is 3.36. The Morgan fingerprint density at radius 3 is 2.62 bits per heavy atom. The molecule has 0 saturated carbocycles. The molecule has 76 valence electrons. The van der Waals surface area contributed by atoms with Crippen LogP contribution in [-0.2, 0) is 14.2 Å². The van der Waals surface area contributed by atoms with Gasteiger partial charge in [-0.3, -0.25) is 0 Å². The van der Waals surface area contributed by atoms with Gasteiger partial charge >= 0.3 is 0 Å². The van der Waals surface area contributed by atoms with Crippen LogP contribution in [-0.4, -0.2) is 47.3 Å². The van der Waals surface area contributed by atoms with Gasteiger partial charge in [-0.1, -0.05) is 22.6 Å². The van der Waals surface area contributed by atoms with Gasteiger partial charge in [-0.05, 0) is 0 Å². The lowest BCUT2D eigenvalue weighted by atomic mass is 10.0. The predicted octanol–water partition coefficient (Wildman–Crippen LogP) is 0.314. The number of ether oxygens (including phenoxy) is 3. The van der Waals surface area contributed by atoms with E-state index in [9.17, 15) is 0 Å². The predicted molar refractivity (Wildman–Crippen MR) is 53.9 cm³/mol. The van der Waals surface area contributed by atoms with Crippen LogP contribution in [0.4, 0.5) is 0 Å². The minimum absolute atomic E-state index is 0.0703. The van der Waals surface area contributed by atoms with Crippen molar-refractivity contribution in [2.45, 2.75) is 22.2 Å². The Bertz CT molecular complexity index is 181. The SMILES string of the molecule is OC[C@H]1OCC2(C[C@H]1I)OCCO2. The van der Waals surface area contributed by atoms with E-state index >= 15 is 0 Å². The lowest BCUT2D eigenvalue weighted by molar-refractivity contribution is -0.232. The number of aliphatic hydroxyl groups is 1.